The molecule has 0 aliphatic carbocycles. The summed E-state index contributed by atoms with van der Waals surface area (Å²) < 4.78 is 1.87. The number of amides is 1. The molecule has 1 aliphatic heterocycles. The molecular weight excluding hydrogens is 326 g/mol. The van der Waals surface area contributed by atoms with E-state index in [9.17, 15) is 4.79 Å². The molecule has 26 heavy (non-hydrogen) atoms. The van der Waals surface area contributed by atoms with Crippen LogP contribution < -0.4 is 10.6 Å². The first-order valence-electron chi connectivity index (χ1n) is 8.81. The lowest BCUT2D eigenvalue weighted by Crippen LogP contribution is -2.31. The summed E-state index contributed by atoms with van der Waals surface area (Å²) in [5, 5.41) is 10.7. The molecule has 0 saturated carbocycles. The Labute approximate surface area is 152 Å². The second-order valence-electron chi connectivity index (χ2n) is 6.62. The van der Waals surface area contributed by atoms with E-state index in [2.05, 4.69) is 39.8 Å². The summed E-state index contributed by atoms with van der Waals surface area (Å²) in [6.45, 7) is 2.13. The molecule has 0 fully saturated rings. The molecule has 0 radical (unpaired) electrons. The van der Waals surface area contributed by atoms with E-state index in [4.69, 9.17) is 0 Å². The van der Waals surface area contributed by atoms with E-state index in [-0.39, 0.29) is 18.0 Å². The molecule has 0 bridgehead atoms. The van der Waals surface area contributed by atoms with Crippen molar-refractivity contribution in [3.05, 3.63) is 71.8 Å². The number of hydrogen-bond donors (Lipinski definition) is 2. The minimum Gasteiger partial charge on any atom is -0.352 e. The summed E-state index contributed by atoms with van der Waals surface area (Å²) in [5.41, 5.74) is 2.15. The number of hydrogen-bond acceptors (Lipinski definition) is 4. The van der Waals surface area contributed by atoms with Crippen LogP contribution in [0, 0.1) is 0 Å². The van der Waals surface area contributed by atoms with Crippen molar-refractivity contribution >= 4 is 17.8 Å². The zero-order valence-electron chi connectivity index (χ0n) is 14.6. The van der Waals surface area contributed by atoms with Gasteiger partial charge in [-0.15, -0.1) is 5.10 Å². The zero-order chi connectivity index (χ0) is 17.9. The van der Waals surface area contributed by atoms with Crippen LogP contribution in [0.15, 0.2) is 60.7 Å². The van der Waals surface area contributed by atoms with Crippen LogP contribution in [0.3, 0.4) is 0 Å². The lowest BCUT2D eigenvalue weighted by Gasteiger charge is -2.29. The summed E-state index contributed by atoms with van der Waals surface area (Å²) in [5.74, 6) is 0.902. The molecule has 3 aromatic rings. The van der Waals surface area contributed by atoms with Gasteiger partial charge in [0.15, 0.2) is 0 Å². The molecule has 1 amide bonds. The van der Waals surface area contributed by atoms with Crippen molar-refractivity contribution in [2.24, 2.45) is 0 Å². The standard InChI is InChI=1S/C20H21N5O/c1-14-12-17(16-10-6-3-7-11-16)25-20(21-14)23-19(24-25)22-18(26)13-15-8-4-2-5-9-15/h2-11,14,17H,12-13H2,1H3,(H2,21,22,23,24,26)/t14-,17+/m0/s1. The number of nitrogens with zero attached hydrogens (tertiary/aromatic N) is 3. The predicted octanol–water partition coefficient (Wildman–Crippen LogP) is 3.25. The Balaban J connectivity index is 1.54. The minimum absolute atomic E-state index is 0.106. The van der Waals surface area contributed by atoms with Crippen LogP contribution in [-0.2, 0) is 11.2 Å². The summed E-state index contributed by atoms with van der Waals surface area (Å²) in [6, 6.07) is 20.3. The number of carbonyl (C=O) groups excluding carboxylic acids is 1. The van der Waals surface area contributed by atoms with Crippen LogP contribution in [-0.4, -0.2) is 26.7 Å². The third-order valence-corrected chi connectivity index (χ3v) is 4.52. The van der Waals surface area contributed by atoms with E-state index in [0.29, 0.717) is 18.3 Å². The van der Waals surface area contributed by atoms with Crippen LogP contribution in [0.1, 0.15) is 30.5 Å². The first kappa shape index (κ1) is 16.3. The quantitative estimate of drug-likeness (QED) is 0.760. The molecule has 1 aromatic heterocycles. The summed E-state index contributed by atoms with van der Waals surface area (Å²) in [6.07, 6.45) is 1.22. The van der Waals surface area contributed by atoms with E-state index in [1.54, 1.807) is 0 Å². The largest absolute Gasteiger partial charge is 0.352 e. The number of nitrogens with one attached hydrogen (secondary N) is 2. The van der Waals surface area contributed by atoms with Gasteiger partial charge >= 0.3 is 0 Å². The second-order valence-corrected chi connectivity index (χ2v) is 6.62. The van der Waals surface area contributed by atoms with Crippen LogP contribution in [0.25, 0.3) is 0 Å². The monoisotopic (exact) mass is 347 g/mol. The Morgan fingerprint density at radius 1 is 1.15 bits per heavy atom. The van der Waals surface area contributed by atoms with Gasteiger partial charge in [-0.05, 0) is 24.5 Å². The highest BCUT2D eigenvalue weighted by molar-refractivity contribution is 5.90. The third kappa shape index (κ3) is 3.44. The van der Waals surface area contributed by atoms with E-state index in [1.165, 1.54) is 5.56 Å². The molecule has 4 rings (SSSR count). The number of aromatic nitrogens is 3. The molecule has 2 aromatic carbocycles. The zero-order valence-corrected chi connectivity index (χ0v) is 14.6. The average Bonchev–Trinajstić information content (AvgIpc) is 3.04. The highest BCUT2D eigenvalue weighted by Gasteiger charge is 2.28. The van der Waals surface area contributed by atoms with Gasteiger partial charge < -0.3 is 5.32 Å². The first-order chi connectivity index (χ1) is 12.7. The summed E-state index contributed by atoms with van der Waals surface area (Å²) in [7, 11) is 0. The van der Waals surface area contributed by atoms with Crippen molar-refractivity contribution in [2.75, 3.05) is 10.6 Å². The molecule has 6 heteroatoms. The van der Waals surface area contributed by atoms with Crippen molar-refractivity contribution in [3.63, 3.8) is 0 Å². The van der Waals surface area contributed by atoms with Crippen LogP contribution in [0.5, 0.6) is 0 Å². The molecule has 0 spiro atoms. The van der Waals surface area contributed by atoms with E-state index < -0.39 is 0 Å². The number of rotatable bonds is 4. The highest BCUT2D eigenvalue weighted by Crippen LogP contribution is 2.31. The van der Waals surface area contributed by atoms with Gasteiger partial charge in [-0.1, -0.05) is 60.7 Å². The van der Waals surface area contributed by atoms with Crippen molar-refractivity contribution in [3.8, 4) is 0 Å². The van der Waals surface area contributed by atoms with Crippen molar-refractivity contribution in [1.29, 1.82) is 0 Å². The molecule has 132 valence electrons. The summed E-state index contributed by atoms with van der Waals surface area (Å²) in [4.78, 5) is 16.8. The third-order valence-electron chi connectivity index (χ3n) is 4.52. The maximum atomic E-state index is 12.3. The lowest BCUT2D eigenvalue weighted by molar-refractivity contribution is -0.115. The SMILES string of the molecule is C[C@H]1C[C@H](c2ccccc2)n2nc(NC(=O)Cc3ccccc3)nc2N1. The number of fused-ring (bicyclic) bond motifs is 1. The Bertz CT molecular complexity index is 891. The first-order valence-corrected chi connectivity index (χ1v) is 8.81. The van der Waals surface area contributed by atoms with Gasteiger partial charge in [-0.25, -0.2) is 4.68 Å². The normalized spacial score (nSPS) is 18.7. The fraction of sp³-hybridized carbons (Fsp3) is 0.250. The van der Waals surface area contributed by atoms with Crippen LogP contribution >= 0.6 is 0 Å². The van der Waals surface area contributed by atoms with Gasteiger partial charge in [0, 0.05) is 6.04 Å². The number of benzene rings is 2. The minimum atomic E-state index is -0.122. The van der Waals surface area contributed by atoms with Gasteiger partial charge in [0.2, 0.25) is 11.9 Å². The maximum Gasteiger partial charge on any atom is 0.250 e. The Morgan fingerprint density at radius 3 is 2.58 bits per heavy atom. The van der Waals surface area contributed by atoms with Crippen LogP contribution in [0.4, 0.5) is 11.9 Å². The molecule has 0 saturated heterocycles. The van der Waals surface area contributed by atoms with E-state index in [0.717, 1.165) is 12.0 Å². The second kappa shape index (κ2) is 7.00. The Morgan fingerprint density at radius 2 is 1.85 bits per heavy atom. The highest BCUT2D eigenvalue weighted by atomic mass is 16.1. The van der Waals surface area contributed by atoms with Crippen molar-refractivity contribution in [1.82, 2.24) is 14.8 Å². The number of anilines is 2. The Hall–Kier alpha value is -3.15. The average molecular weight is 347 g/mol. The molecule has 2 heterocycles. The van der Waals surface area contributed by atoms with Crippen molar-refractivity contribution < 1.29 is 4.79 Å². The molecule has 6 nitrogen and oxygen atoms in total. The van der Waals surface area contributed by atoms with E-state index in [1.807, 2.05) is 53.2 Å². The summed E-state index contributed by atoms with van der Waals surface area (Å²) >= 11 is 0. The number of carbonyl (C=O) groups is 1. The van der Waals surface area contributed by atoms with Gasteiger partial charge in [0.1, 0.15) is 0 Å². The molecule has 0 unspecified atom stereocenters. The molecular formula is C20H21N5O. The van der Waals surface area contributed by atoms with Gasteiger partial charge in [-0.2, -0.15) is 4.98 Å². The predicted molar refractivity (Wildman–Crippen MR) is 101 cm³/mol. The van der Waals surface area contributed by atoms with Crippen molar-refractivity contribution in [2.45, 2.75) is 31.8 Å². The maximum absolute atomic E-state index is 12.3. The van der Waals surface area contributed by atoms with Gasteiger partial charge in [0.25, 0.3) is 5.95 Å². The Kier molecular flexibility index (Phi) is 4.39. The van der Waals surface area contributed by atoms with Gasteiger partial charge in [0.05, 0.1) is 12.5 Å². The lowest BCUT2D eigenvalue weighted by atomic mass is 9.99. The topological polar surface area (TPSA) is 71.8 Å². The smallest absolute Gasteiger partial charge is 0.250 e. The van der Waals surface area contributed by atoms with Gasteiger partial charge in [-0.3, -0.25) is 10.1 Å². The fourth-order valence-electron chi connectivity index (χ4n) is 3.31. The van der Waals surface area contributed by atoms with Crippen LogP contribution in [0.2, 0.25) is 0 Å². The molecule has 1 aliphatic rings. The van der Waals surface area contributed by atoms with E-state index >= 15 is 0 Å². The fourth-order valence-corrected chi connectivity index (χ4v) is 3.31. The molecule has 2 N–H and O–H groups in total. The molecule has 2 atom stereocenters.